The summed E-state index contributed by atoms with van der Waals surface area (Å²) in [7, 11) is 1.87. The molecule has 20 heavy (non-hydrogen) atoms. The molecule has 2 heterocycles. The van der Waals surface area contributed by atoms with Gasteiger partial charge in [0, 0.05) is 36.2 Å². The molecule has 0 saturated carbocycles. The number of rotatable bonds is 3. The van der Waals surface area contributed by atoms with Gasteiger partial charge >= 0.3 is 0 Å². The van der Waals surface area contributed by atoms with Crippen LogP contribution in [0.2, 0.25) is 0 Å². The molecule has 0 spiro atoms. The third-order valence-corrected chi connectivity index (χ3v) is 4.90. The van der Waals surface area contributed by atoms with Gasteiger partial charge < -0.3 is 4.90 Å². The second-order valence-corrected chi connectivity index (χ2v) is 6.24. The second kappa shape index (κ2) is 5.75. The van der Waals surface area contributed by atoms with E-state index in [1.165, 1.54) is 23.3 Å². The van der Waals surface area contributed by atoms with E-state index in [0.29, 0.717) is 6.54 Å². The van der Waals surface area contributed by atoms with E-state index < -0.39 is 0 Å². The standard InChI is InChI=1S/C16H18N2OS/c1-18(10-12-6-8-17-9-7-12)16(19)14-11-20-15-5-3-2-4-13(14)15/h6-9,11H,2-5,10H2,1H3. The minimum absolute atomic E-state index is 0.140. The third kappa shape index (κ3) is 2.61. The van der Waals surface area contributed by atoms with Gasteiger partial charge in [-0.3, -0.25) is 9.78 Å². The maximum atomic E-state index is 12.6. The van der Waals surface area contributed by atoms with Crippen molar-refractivity contribution in [1.29, 1.82) is 0 Å². The Hall–Kier alpha value is -1.68. The minimum Gasteiger partial charge on any atom is -0.337 e. The fraction of sp³-hybridized carbons (Fsp3) is 0.375. The lowest BCUT2D eigenvalue weighted by Crippen LogP contribution is -2.27. The van der Waals surface area contributed by atoms with E-state index in [1.807, 2.05) is 24.6 Å². The Morgan fingerprint density at radius 1 is 1.30 bits per heavy atom. The zero-order chi connectivity index (χ0) is 13.9. The van der Waals surface area contributed by atoms with Gasteiger partial charge in [0.25, 0.3) is 5.91 Å². The van der Waals surface area contributed by atoms with Gasteiger partial charge in [-0.2, -0.15) is 0 Å². The normalized spacial score (nSPS) is 13.8. The molecule has 0 aliphatic heterocycles. The first-order chi connectivity index (χ1) is 9.75. The van der Waals surface area contributed by atoms with E-state index in [9.17, 15) is 4.79 Å². The first-order valence-electron chi connectivity index (χ1n) is 6.99. The average Bonchev–Trinajstić information content (AvgIpc) is 2.91. The molecule has 0 saturated heterocycles. The highest BCUT2D eigenvalue weighted by Gasteiger charge is 2.22. The zero-order valence-corrected chi connectivity index (χ0v) is 12.4. The summed E-state index contributed by atoms with van der Waals surface area (Å²) in [6, 6.07) is 3.90. The number of hydrogen-bond acceptors (Lipinski definition) is 3. The molecular weight excluding hydrogens is 268 g/mol. The molecule has 3 rings (SSSR count). The fourth-order valence-corrected chi connectivity index (χ4v) is 3.83. The number of pyridine rings is 1. The smallest absolute Gasteiger partial charge is 0.255 e. The molecule has 0 N–H and O–H groups in total. The SMILES string of the molecule is CN(Cc1ccncc1)C(=O)c1csc2c1CCCC2. The van der Waals surface area contributed by atoms with Crippen molar-refractivity contribution >= 4 is 17.2 Å². The van der Waals surface area contributed by atoms with Crippen LogP contribution >= 0.6 is 11.3 Å². The first-order valence-corrected chi connectivity index (χ1v) is 7.87. The van der Waals surface area contributed by atoms with E-state index in [0.717, 1.165) is 24.0 Å². The number of carbonyl (C=O) groups is 1. The van der Waals surface area contributed by atoms with Crippen LogP contribution in [-0.4, -0.2) is 22.8 Å². The van der Waals surface area contributed by atoms with Crippen LogP contribution in [0.5, 0.6) is 0 Å². The van der Waals surface area contributed by atoms with Crippen molar-refractivity contribution in [2.75, 3.05) is 7.05 Å². The number of aryl methyl sites for hydroxylation is 1. The summed E-state index contributed by atoms with van der Waals surface area (Å²) in [4.78, 5) is 19.8. The lowest BCUT2D eigenvalue weighted by molar-refractivity contribution is 0.0784. The van der Waals surface area contributed by atoms with Gasteiger partial charge in [-0.25, -0.2) is 0 Å². The van der Waals surface area contributed by atoms with Crippen molar-refractivity contribution in [3.8, 4) is 0 Å². The summed E-state index contributed by atoms with van der Waals surface area (Å²) >= 11 is 1.75. The van der Waals surface area contributed by atoms with Crippen molar-refractivity contribution < 1.29 is 4.79 Å². The van der Waals surface area contributed by atoms with Gasteiger partial charge in [-0.1, -0.05) is 0 Å². The van der Waals surface area contributed by atoms with E-state index in [4.69, 9.17) is 0 Å². The van der Waals surface area contributed by atoms with E-state index in [2.05, 4.69) is 4.98 Å². The Morgan fingerprint density at radius 2 is 2.05 bits per heavy atom. The minimum atomic E-state index is 0.140. The maximum absolute atomic E-state index is 12.6. The van der Waals surface area contributed by atoms with Crippen molar-refractivity contribution in [3.05, 3.63) is 51.5 Å². The van der Waals surface area contributed by atoms with Crippen LogP contribution < -0.4 is 0 Å². The predicted octanol–water partition coefficient (Wildman–Crippen LogP) is 3.29. The summed E-state index contributed by atoms with van der Waals surface area (Å²) in [6.07, 6.45) is 8.19. The van der Waals surface area contributed by atoms with E-state index >= 15 is 0 Å². The molecule has 0 atom stereocenters. The average molecular weight is 286 g/mol. The number of nitrogens with zero attached hydrogens (tertiary/aromatic N) is 2. The molecule has 3 nitrogen and oxygen atoms in total. The van der Waals surface area contributed by atoms with Gasteiger partial charge in [-0.05, 0) is 48.9 Å². The van der Waals surface area contributed by atoms with Crippen molar-refractivity contribution in [1.82, 2.24) is 9.88 Å². The maximum Gasteiger partial charge on any atom is 0.255 e. The van der Waals surface area contributed by atoms with Gasteiger partial charge in [0.05, 0.1) is 5.56 Å². The van der Waals surface area contributed by atoms with Crippen LogP contribution in [0.4, 0.5) is 0 Å². The molecule has 0 fully saturated rings. The highest BCUT2D eigenvalue weighted by Crippen LogP contribution is 2.30. The second-order valence-electron chi connectivity index (χ2n) is 5.27. The largest absolute Gasteiger partial charge is 0.337 e. The number of fused-ring (bicyclic) bond motifs is 1. The summed E-state index contributed by atoms with van der Waals surface area (Å²) in [6.45, 7) is 0.631. The van der Waals surface area contributed by atoms with Crippen molar-refractivity contribution in [3.63, 3.8) is 0 Å². The quantitative estimate of drug-likeness (QED) is 0.867. The summed E-state index contributed by atoms with van der Waals surface area (Å²) in [5, 5.41) is 2.04. The summed E-state index contributed by atoms with van der Waals surface area (Å²) in [5.74, 6) is 0.140. The molecule has 1 amide bonds. The van der Waals surface area contributed by atoms with Gasteiger partial charge in [0.15, 0.2) is 0 Å². The Balaban J connectivity index is 1.77. The number of hydrogen-bond donors (Lipinski definition) is 0. The molecule has 2 aromatic rings. The van der Waals surface area contributed by atoms with Crippen molar-refractivity contribution in [2.45, 2.75) is 32.2 Å². The molecule has 1 aliphatic rings. The molecule has 1 aliphatic carbocycles. The van der Waals surface area contributed by atoms with Crippen molar-refractivity contribution in [2.24, 2.45) is 0 Å². The van der Waals surface area contributed by atoms with Gasteiger partial charge in [-0.15, -0.1) is 11.3 Å². The number of carbonyl (C=O) groups excluding carboxylic acids is 1. The monoisotopic (exact) mass is 286 g/mol. The molecule has 2 aromatic heterocycles. The number of thiophene rings is 1. The topological polar surface area (TPSA) is 33.2 Å². The molecule has 0 radical (unpaired) electrons. The molecule has 0 aromatic carbocycles. The molecular formula is C16H18N2OS. The number of amides is 1. The molecule has 4 heteroatoms. The van der Waals surface area contributed by atoms with Crippen LogP contribution in [0.15, 0.2) is 29.9 Å². The van der Waals surface area contributed by atoms with E-state index in [-0.39, 0.29) is 5.91 Å². The molecule has 104 valence electrons. The van der Waals surface area contributed by atoms with Gasteiger partial charge in [0.1, 0.15) is 0 Å². The van der Waals surface area contributed by atoms with Crippen LogP contribution in [0, 0.1) is 0 Å². The number of aromatic nitrogens is 1. The summed E-state index contributed by atoms with van der Waals surface area (Å²) < 4.78 is 0. The predicted molar refractivity (Wildman–Crippen MR) is 81.0 cm³/mol. The Labute approximate surface area is 123 Å². The third-order valence-electron chi connectivity index (χ3n) is 3.81. The first kappa shape index (κ1) is 13.3. The van der Waals surface area contributed by atoms with Crippen LogP contribution in [-0.2, 0) is 19.4 Å². The van der Waals surface area contributed by atoms with Crippen LogP contribution in [0.1, 0.15) is 39.2 Å². The lowest BCUT2D eigenvalue weighted by Gasteiger charge is -2.19. The van der Waals surface area contributed by atoms with Crippen LogP contribution in [0.25, 0.3) is 0 Å². The summed E-state index contributed by atoms with van der Waals surface area (Å²) in [5.41, 5.74) is 3.33. The van der Waals surface area contributed by atoms with Gasteiger partial charge in [0.2, 0.25) is 0 Å². The Morgan fingerprint density at radius 3 is 2.85 bits per heavy atom. The Bertz CT molecular complexity index is 606. The van der Waals surface area contributed by atoms with E-state index in [1.54, 1.807) is 28.6 Å². The highest BCUT2D eigenvalue weighted by molar-refractivity contribution is 7.10. The zero-order valence-electron chi connectivity index (χ0n) is 11.6. The lowest BCUT2D eigenvalue weighted by atomic mass is 9.95. The molecule has 0 unspecified atom stereocenters. The Kier molecular flexibility index (Phi) is 3.83. The highest BCUT2D eigenvalue weighted by atomic mass is 32.1. The fourth-order valence-electron chi connectivity index (χ4n) is 2.71. The molecule has 0 bridgehead atoms. The van der Waals surface area contributed by atoms with Crippen LogP contribution in [0.3, 0.4) is 0 Å².